The van der Waals surface area contributed by atoms with E-state index in [0.29, 0.717) is 17.5 Å². The molecular weight excluding hydrogens is 647 g/mol. The topological polar surface area (TPSA) is 51.8 Å². The number of fused-ring (bicyclic) bond motifs is 5. The van der Waals surface area contributed by atoms with Gasteiger partial charge in [-0.3, -0.25) is 0 Å². The Morgan fingerprint density at radius 2 is 0.792 bits per heavy atom. The Morgan fingerprint density at radius 3 is 1.38 bits per heavy atom. The molecule has 0 spiro atoms. The summed E-state index contributed by atoms with van der Waals surface area (Å²) in [6.45, 7) is 0. The maximum Gasteiger partial charge on any atom is 0.164 e. The molecular formula is C49H31N3O. The van der Waals surface area contributed by atoms with Gasteiger partial charge >= 0.3 is 0 Å². The third kappa shape index (κ3) is 5.54. The molecule has 0 fully saturated rings. The van der Waals surface area contributed by atoms with Crippen LogP contribution in [-0.2, 0) is 0 Å². The molecule has 0 N–H and O–H groups in total. The van der Waals surface area contributed by atoms with E-state index in [4.69, 9.17) is 19.4 Å². The van der Waals surface area contributed by atoms with E-state index in [-0.39, 0.29) is 0 Å². The average molecular weight is 678 g/mol. The van der Waals surface area contributed by atoms with Crippen LogP contribution in [0.3, 0.4) is 0 Å². The molecule has 0 aliphatic carbocycles. The Labute approximate surface area is 306 Å². The highest BCUT2D eigenvalue weighted by Crippen LogP contribution is 2.44. The van der Waals surface area contributed by atoms with Gasteiger partial charge in [0.1, 0.15) is 11.2 Å². The molecule has 0 saturated carbocycles. The first kappa shape index (κ1) is 30.6. The van der Waals surface area contributed by atoms with Crippen molar-refractivity contribution in [2.24, 2.45) is 0 Å². The lowest BCUT2D eigenvalue weighted by Crippen LogP contribution is -2.01. The molecule has 10 rings (SSSR count). The van der Waals surface area contributed by atoms with E-state index in [1.165, 1.54) is 0 Å². The summed E-state index contributed by atoms with van der Waals surface area (Å²) in [6, 6.07) is 65.0. The standard InChI is InChI=1S/C49H31N3O/c1-4-13-32(14-5-1)34-23-27-37(28-24-34)47-50-48(38-29-25-35(26-30-38)33-15-6-2-7-16-33)52-49(51-47)42-31-39-19-12-21-40(36-17-8-3-9-18-36)44(39)46-45(42)41-20-10-11-22-43(41)53-46/h1-31H. The molecule has 0 saturated heterocycles. The van der Waals surface area contributed by atoms with Gasteiger partial charge in [0.25, 0.3) is 0 Å². The zero-order valence-electron chi connectivity index (χ0n) is 28.6. The molecule has 2 aromatic heterocycles. The fraction of sp³-hybridized carbons (Fsp3) is 0. The van der Waals surface area contributed by atoms with Crippen LogP contribution in [0.1, 0.15) is 0 Å². The van der Waals surface area contributed by atoms with Crippen molar-refractivity contribution in [1.82, 2.24) is 15.0 Å². The van der Waals surface area contributed by atoms with Crippen LogP contribution < -0.4 is 0 Å². The first-order chi connectivity index (χ1) is 26.3. The van der Waals surface area contributed by atoms with Crippen LogP contribution >= 0.6 is 0 Å². The minimum atomic E-state index is 0.591. The van der Waals surface area contributed by atoms with Gasteiger partial charge in [-0.05, 0) is 50.9 Å². The van der Waals surface area contributed by atoms with E-state index in [2.05, 4.69) is 158 Å². The lowest BCUT2D eigenvalue weighted by molar-refractivity contribution is 0.673. The molecule has 0 amide bonds. The maximum atomic E-state index is 6.76. The maximum absolute atomic E-state index is 6.76. The van der Waals surface area contributed by atoms with Crippen molar-refractivity contribution in [3.63, 3.8) is 0 Å². The third-order valence-electron chi connectivity index (χ3n) is 9.95. The fourth-order valence-electron chi connectivity index (χ4n) is 7.33. The van der Waals surface area contributed by atoms with Crippen molar-refractivity contribution < 1.29 is 4.42 Å². The van der Waals surface area contributed by atoms with Crippen molar-refractivity contribution in [3.05, 3.63) is 188 Å². The van der Waals surface area contributed by atoms with E-state index < -0.39 is 0 Å². The quantitative estimate of drug-likeness (QED) is 0.176. The first-order valence-corrected chi connectivity index (χ1v) is 17.8. The fourth-order valence-corrected chi connectivity index (χ4v) is 7.33. The van der Waals surface area contributed by atoms with Gasteiger partial charge < -0.3 is 4.42 Å². The molecule has 10 aromatic rings. The Kier molecular flexibility index (Phi) is 7.43. The van der Waals surface area contributed by atoms with E-state index in [1.807, 2.05) is 30.3 Å². The van der Waals surface area contributed by atoms with Crippen molar-refractivity contribution in [3.8, 4) is 67.5 Å². The zero-order valence-corrected chi connectivity index (χ0v) is 28.6. The van der Waals surface area contributed by atoms with Crippen LogP contribution in [0.15, 0.2) is 192 Å². The molecule has 4 heteroatoms. The summed E-state index contributed by atoms with van der Waals surface area (Å²) in [5, 5.41) is 4.12. The third-order valence-corrected chi connectivity index (χ3v) is 9.95. The van der Waals surface area contributed by atoms with Crippen molar-refractivity contribution in [1.29, 1.82) is 0 Å². The first-order valence-electron chi connectivity index (χ1n) is 17.8. The highest BCUT2D eigenvalue weighted by Gasteiger charge is 2.22. The van der Waals surface area contributed by atoms with Gasteiger partial charge in [0.2, 0.25) is 0 Å². The van der Waals surface area contributed by atoms with Crippen LogP contribution in [0, 0.1) is 0 Å². The zero-order chi connectivity index (χ0) is 35.1. The van der Waals surface area contributed by atoms with Crippen molar-refractivity contribution in [2.75, 3.05) is 0 Å². The number of hydrogen-bond acceptors (Lipinski definition) is 4. The van der Waals surface area contributed by atoms with Crippen LogP contribution in [0.2, 0.25) is 0 Å². The summed E-state index contributed by atoms with van der Waals surface area (Å²) in [5.41, 5.74) is 11.2. The summed E-state index contributed by atoms with van der Waals surface area (Å²) in [6.07, 6.45) is 0. The molecule has 0 atom stereocenters. The van der Waals surface area contributed by atoms with Crippen LogP contribution in [0.25, 0.3) is 100 Å². The van der Waals surface area contributed by atoms with E-state index in [0.717, 1.165) is 82.8 Å². The summed E-state index contributed by atoms with van der Waals surface area (Å²) >= 11 is 0. The molecule has 0 radical (unpaired) electrons. The van der Waals surface area contributed by atoms with Crippen LogP contribution in [0.4, 0.5) is 0 Å². The number of nitrogens with zero attached hydrogens (tertiary/aromatic N) is 3. The molecule has 2 heterocycles. The second-order valence-electron chi connectivity index (χ2n) is 13.2. The number of para-hydroxylation sites is 1. The Bertz CT molecular complexity index is 2800. The van der Waals surface area contributed by atoms with Gasteiger partial charge in [-0.15, -0.1) is 0 Å². The van der Waals surface area contributed by atoms with Crippen LogP contribution in [-0.4, -0.2) is 15.0 Å². The van der Waals surface area contributed by atoms with Gasteiger partial charge in [-0.2, -0.15) is 0 Å². The molecule has 0 bridgehead atoms. The van der Waals surface area contributed by atoms with Gasteiger partial charge in [0.05, 0.1) is 0 Å². The monoisotopic (exact) mass is 677 g/mol. The normalized spacial score (nSPS) is 11.4. The molecule has 4 nitrogen and oxygen atoms in total. The lowest BCUT2D eigenvalue weighted by atomic mass is 9.93. The van der Waals surface area contributed by atoms with E-state index >= 15 is 0 Å². The van der Waals surface area contributed by atoms with E-state index in [9.17, 15) is 0 Å². The Balaban J connectivity index is 1.21. The summed E-state index contributed by atoms with van der Waals surface area (Å²) in [4.78, 5) is 15.6. The summed E-state index contributed by atoms with van der Waals surface area (Å²) < 4.78 is 6.76. The molecule has 0 aliphatic rings. The van der Waals surface area contributed by atoms with Gasteiger partial charge in [0, 0.05) is 32.8 Å². The minimum Gasteiger partial charge on any atom is -0.455 e. The van der Waals surface area contributed by atoms with Gasteiger partial charge in [-0.25, -0.2) is 15.0 Å². The highest BCUT2D eigenvalue weighted by molar-refractivity contribution is 6.23. The van der Waals surface area contributed by atoms with Gasteiger partial charge in [-0.1, -0.05) is 176 Å². The van der Waals surface area contributed by atoms with Crippen LogP contribution in [0.5, 0.6) is 0 Å². The number of furan rings is 1. The van der Waals surface area contributed by atoms with Gasteiger partial charge in [0.15, 0.2) is 17.5 Å². The Hall–Kier alpha value is -7.17. The van der Waals surface area contributed by atoms with Crippen molar-refractivity contribution >= 4 is 32.7 Å². The second-order valence-corrected chi connectivity index (χ2v) is 13.2. The lowest BCUT2D eigenvalue weighted by Gasteiger charge is -2.13. The van der Waals surface area contributed by atoms with Crippen molar-refractivity contribution in [2.45, 2.75) is 0 Å². The SMILES string of the molecule is c1ccc(-c2ccc(-c3nc(-c4ccc(-c5ccccc5)cc4)nc(-c4cc5cccc(-c6ccccc6)c5c5oc6ccccc6c45)n3)cc2)cc1. The largest absolute Gasteiger partial charge is 0.455 e. The average Bonchev–Trinajstić information content (AvgIpc) is 3.64. The number of hydrogen-bond donors (Lipinski definition) is 0. The predicted molar refractivity (Wildman–Crippen MR) is 217 cm³/mol. The molecule has 53 heavy (non-hydrogen) atoms. The highest BCUT2D eigenvalue weighted by atomic mass is 16.3. The molecule has 0 unspecified atom stereocenters. The smallest absolute Gasteiger partial charge is 0.164 e. The molecule has 8 aromatic carbocycles. The Morgan fingerprint density at radius 1 is 0.321 bits per heavy atom. The summed E-state index contributed by atoms with van der Waals surface area (Å²) in [5.74, 6) is 1.81. The number of aromatic nitrogens is 3. The predicted octanol–water partition coefficient (Wildman–Crippen LogP) is 12.9. The summed E-state index contributed by atoms with van der Waals surface area (Å²) in [7, 11) is 0. The number of rotatable bonds is 6. The second kappa shape index (κ2) is 12.9. The molecule has 248 valence electrons. The molecule has 0 aliphatic heterocycles. The number of benzene rings is 8. The minimum absolute atomic E-state index is 0.591. The van der Waals surface area contributed by atoms with E-state index in [1.54, 1.807) is 0 Å².